The highest BCUT2D eigenvalue weighted by Crippen LogP contribution is 2.27. The highest BCUT2D eigenvalue weighted by molar-refractivity contribution is 5.56. The van der Waals surface area contributed by atoms with Crippen LogP contribution in [0.3, 0.4) is 0 Å². The van der Waals surface area contributed by atoms with Gasteiger partial charge >= 0.3 is 0 Å². The molecule has 0 atom stereocenters. The maximum Gasteiger partial charge on any atom is 0.141 e. The molecule has 1 fully saturated rings. The minimum Gasteiger partial charge on any atom is -0.495 e. The number of benzene rings is 1. The molecular formula is C13H19NO. The molecular weight excluding hydrogens is 186 g/mol. The third kappa shape index (κ3) is 2.65. The van der Waals surface area contributed by atoms with Gasteiger partial charge in [0.25, 0.3) is 0 Å². The van der Waals surface area contributed by atoms with E-state index in [0.717, 1.165) is 23.9 Å². The lowest BCUT2D eigenvalue weighted by Gasteiger charge is -2.14. The van der Waals surface area contributed by atoms with Crippen molar-refractivity contribution in [3.8, 4) is 5.75 Å². The van der Waals surface area contributed by atoms with Gasteiger partial charge in [-0.1, -0.05) is 25.0 Å². The molecule has 1 saturated carbocycles. The molecule has 1 aliphatic carbocycles. The van der Waals surface area contributed by atoms with E-state index in [-0.39, 0.29) is 0 Å². The average Bonchev–Trinajstić information content (AvgIpc) is 2.79. The first-order valence-corrected chi connectivity index (χ1v) is 5.77. The molecule has 1 aliphatic rings. The Kier molecular flexibility index (Phi) is 3.49. The van der Waals surface area contributed by atoms with E-state index >= 15 is 0 Å². The summed E-state index contributed by atoms with van der Waals surface area (Å²) in [5.74, 6) is 1.80. The summed E-state index contributed by atoms with van der Waals surface area (Å²) in [6, 6.07) is 8.11. The largest absolute Gasteiger partial charge is 0.495 e. The number of nitrogens with one attached hydrogen (secondary N) is 1. The van der Waals surface area contributed by atoms with Gasteiger partial charge in [0.1, 0.15) is 5.75 Å². The summed E-state index contributed by atoms with van der Waals surface area (Å²) in [6.07, 6.45) is 5.56. The molecule has 1 aromatic carbocycles. The first-order valence-electron chi connectivity index (χ1n) is 5.77. The second kappa shape index (κ2) is 5.06. The van der Waals surface area contributed by atoms with Gasteiger partial charge in [0.15, 0.2) is 0 Å². The zero-order valence-electron chi connectivity index (χ0n) is 9.33. The van der Waals surface area contributed by atoms with Crippen molar-refractivity contribution in [3.63, 3.8) is 0 Å². The number of rotatable bonds is 4. The van der Waals surface area contributed by atoms with Crippen LogP contribution in [0.5, 0.6) is 5.75 Å². The number of hydrogen-bond donors (Lipinski definition) is 1. The van der Waals surface area contributed by atoms with E-state index in [1.165, 1.54) is 25.7 Å². The van der Waals surface area contributed by atoms with E-state index in [0.29, 0.717) is 0 Å². The molecule has 0 radical (unpaired) electrons. The van der Waals surface area contributed by atoms with Crippen molar-refractivity contribution in [1.82, 2.24) is 0 Å². The predicted octanol–water partition coefficient (Wildman–Crippen LogP) is 3.30. The van der Waals surface area contributed by atoms with Crippen molar-refractivity contribution in [2.45, 2.75) is 25.7 Å². The van der Waals surface area contributed by atoms with Crippen molar-refractivity contribution in [3.05, 3.63) is 24.3 Å². The second-order valence-corrected chi connectivity index (χ2v) is 4.23. The van der Waals surface area contributed by atoms with Gasteiger partial charge in [0.05, 0.1) is 12.8 Å². The molecule has 2 heteroatoms. The van der Waals surface area contributed by atoms with Crippen LogP contribution < -0.4 is 10.1 Å². The van der Waals surface area contributed by atoms with Crippen LogP contribution in [-0.4, -0.2) is 13.7 Å². The van der Waals surface area contributed by atoms with Gasteiger partial charge in [-0.2, -0.15) is 0 Å². The fraction of sp³-hybridized carbons (Fsp3) is 0.538. The molecule has 0 saturated heterocycles. The van der Waals surface area contributed by atoms with Crippen LogP contribution in [0, 0.1) is 5.92 Å². The summed E-state index contributed by atoms with van der Waals surface area (Å²) in [7, 11) is 1.72. The molecule has 0 unspecified atom stereocenters. The monoisotopic (exact) mass is 205 g/mol. The third-order valence-corrected chi connectivity index (χ3v) is 3.16. The van der Waals surface area contributed by atoms with Crippen molar-refractivity contribution in [2.24, 2.45) is 5.92 Å². The smallest absolute Gasteiger partial charge is 0.141 e. The molecule has 0 heterocycles. The van der Waals surface area contributed by atoms with Crippen LogP contribution in [0.2, 0.25) is 0 Å². The van der Waals surface area contributed by atoms with Gasteiger partial charge in [-0.15, -0.1) is 0 Å². The Morgan fingerprint density at radius 1 is 1.27 bits per heavy atom. The Morgan fingerprint density at radius 3 is 2.73 bits per heavy atom. The summed E-state index contributed by atoms with van der Waals surface area (Å²) >= 11 is 0. The van der Waals surface area contributed by atoms with Gasteiger partial charge in [-0.3, -0.25) is 0 Å². The summed E-state index contributed by atoms with van der Waals surface area (Å²) in [5, 5.41) is 3.48. The maximum atomic E-state index is 5.30. The highest BCUT2D eigenvalue weighted by Gasteiger charge is 2.14. The lowest BCUT2D eigenvalue weighted by atomic mass is 10.1. The summed E-state index contributed by atoms with van der Waals surface area (Å²) in [4.78, 5) is 0. The minimum atomic E-state index is 0.856. The molecule has 1 N–H and O–H groups in total. The van der Waals surface area contributed by atoms with Crippen molar-refractivity contribution in [1.29, 1.82) is 0 Å². The zero-order valence-corrected chi connectivity index (χ0v) is 9.33. The third-order valence-electron chi connectivity index (χ3n) is 3.16. The molecule has 82 valence electrons. The van der Waals surface area contributed by atoms with E-state index in [4.69, 9.17) is 4.74 Å². The number of methoxy groups -OCH3 is 1. The minimum absolute atomic E-state index is 0.856. The second-order valence-electron chi connectivity index (χ2n) is 4.23. The lowest BCUT2D eigenvalue weighted by Crippen LogP contribution is -2.11. The fourth-order valence-electron chi connectivity index (χ4n) is 2.26. The first-order chi connectivity index (χ1) is 7.40. The van der Waals surface area contributed by atoms with Gasteiger partial charge in [-0.05, 0) is 30.9 Å². The Balaban J connectivity index is 1.91. The average molecular weight is 205 g/mol. The molecule has 0 amide bonds. The van der Waals surface area contributed by atoms with Crippen LogP contribution in [0.1, 0.15) is 25.7 Å². The fourth-order valence-corrected chi connectivity index (χ4v) is 2.26. The summed E-state index contributed by atoms with van der Waals surface area (Å²) in [5.41, 5.74) is 1.12. The molecule has 1 aromatic rings. The number of anilines is 1. The number of ether oxygens (including phenoxy) is 1. The number of para-hydroxylation sites is 2. The topological polar surface area (TPSA) is 21.3 Å². The van der Waals surface area contributed by atoms with E-state index in [9.17, 15) is 0 Å². The van der Waals surface area contributed by atoms with E-state index in [1.807, 2.05) is 18.2 Å². The van der Waals surface area contributed by atoms with Crippen LogP contribution in [0.15, 0.2) is 24.3 Å². The van der Waals surface area contributed by atoms with Crippen molar-refractivity contribution >= 4 is 5.69 Å². The van der Waals surface area contributed by atoms with Crippen LogP contribution in [0.25, 0.3) is 0 Å². The Hall–Kier alpha value is -1.18. The molecule has 0 spiro atoms. The van der Waals surface area contributed by atoms with E-state index < -0.39 is 0 Å². The first kappa shape index (κ1) is 10.3. The predicted molar refractivity (Wildman–Crippen MR) is 63.4 cm³/mol. The molecule has 2 rings (SSSR count). The van der Waals surface area contributed by atoms with Gasteiger partial charge < -0.3 is 10.1 Å². The highest BCUT2D eigenvalue weighted by atomic mass is 16.5. The maximum absolute atomic E-state index is 5.30. The normalized spacial score (nSPS) is 16.6. The standard InChI is InChI=1S/C13H19NO/c1-15-13-9-5-4-8-12(13)14-10-11-6-2-3-7-11/h4-5,8-9,11,14H,2-3,6-7,10H2,1H3. The van der Waals surface area contributed by atoms with Gasteiger partial charge in [0.2, 0.25) is 0 Å². The van der Waals surface area contributed by atoms with E-state index in [1.54, 1.807) is 7.11 Å². The molecule has 15 heavy (non-hydrogen) atoms. The molecule has 0 bridgehead atoms. The van der Waals surface area contributed by atoms with Crippen molar-refractivity contribution in [2.75, 3.05) is 19.0 Å². The molecule has 0 aromatic heterocycles. The van der Waals surface area contributed by atoms with E-state index in [2.05, 4.69) is 11.4 Å². The number of hydrogen-bond acceptors (Lipinski definition) is 2. The lowest BCUT2D eigenvalue weighted by molar-refractivity contribution is 0.416. The van der Waals surface area contributed by atoms with Crippen LogP contribution >= 0.6 is 0 Å². The van der Waals surface area contributed by atoms with Gasteiger partial charge in [-0.25, -0.2) is 0 Å². The Labute approximate surface area is 91.6 Å². The summed E-state index contributed by atoms with van der Waals surface area (Å²) in [6.45, 7) is 1.08. The zero-order chi connectivity index (χ0) is 10.5. The quantitative estimate of drug-likeness (QED) is 0.814. The van der Waals surface area contributed by atoms with Gasteiger partial charge in [0, 0.05) is 6.54 Å². The SMILES string of the molecule is COc1ccccc1NCC1CCCC1. The van der Waals surface area contributed by atoms with Crippen LogP contribution in [0.4, 0.5) is 5.69 Å². The van der Waals surface area contributed by atoms with Crippen LogP contribution in [-0.2, 0) is 0 Å². The Morgan fingerprint density at radius 2 is 2.00 bits per heavy atom. The molecule has 0 aliphatic heterocycles. The Bertz CT molecular complexity index is 305. The summed E-state index contributed by atoms with van der Waals surface area (Å²) < 4.78 is 5.30. The van der Waals surface area contributed by atoms with Crippen molar-refractivity contribution < 1.29 is 4.74 Å². The molecule has 2 nitrogen and oxygen atoms in total.